The van der Waals surface area contributed by atoms with E-state index in [0.29, 0.717) is 16.8 Å². The summed E-state index contributed by atoms with van der Waals surface area (Å²) in [6, 6.07) is 16.3. The summed E-state index contributed by atoms with van der Waals surface area (Å²) in [6.07, 6.45) is 3.13. The molecule has 0 bridgehead atoms. The summed E-state index contributed by atoms with van der Waals surface area (Å²) in [5.41, 5.74) is 1.83. The molecule has 0 fully saturated rings. The summed E-state index contributed by atoms with van der Waals surface area (Å²) in [4.78, 5) is 12.6. The van der Waals surface area contributed by atoms with Gasteiger partial charge in [0.15, 0.2) is 11.5 Å². The van der Waals surface area contributed by atoms with Crippen molar-refractivity contribution in [1.29, 1.82) is 5.26 Å². The molecule has 0 spiro atoms. The number of rotatable bonds is 10. The van der Waals surface area contributed by atoms with Crippen molar-refractivity contribution in [2.45, 2.75) is 25.2 Å². The number of halogens is 1. The van der Waals surface area contributed by atoms with Crippen LogP contribution < -0.4 is 14.2 Å². The lowest BCUT2D eigenvalue weighted by molar-refractivity contribution is -0.112. The predicted octanol–water partition coefficient (Wildman–Crippen LogP) is 5.57. The van der Waals surface area contributed by atoms with Gasteiger partial charge in [0.05, 0.1) is 6.61 Å². The summed E-state index contributed by atoms with van der Waals surface area (Å²) in [6.45, 7) is 7.50. The molecule has 0 saturated heterocycles. The van der Waals surface area contributed by atoms with E-state index in [1.807, 2.05) is 13.0 Å². The summed E-state index contributed by atoms with van der Waals surface area (Å²) in [5, 5.41) is 12.1. The average Bonchev–Trinajstić information content (AvgIpc) is 2.86. The number of hydrogen-bond donors (Lipinski definition) is 1. The van der Waals surface area contributed by atoms with Crippen LogP contribution >= 0.6 is 0 Å². The van der Waals surface area contributed by atoms with Crippen LogP contribution in [0.15, 0.2) is 83.8 Å². The normalized spacial score (nSPS) is 11.4. The number of nitrogens with zero attached hydrogens (tertiary/aromatic N) is 1. The highest BCUT2D eigenvalue weighted by molar-refractivity contribution is 7.87. The first-order valence-corrected chi connectivity index (χ1v) is 12.7. The lowest BCUT2D eigenvalue weighted by atomic mass is 10.0. The maximum atomic E-state index is 13.1. The molecule has 0 atom stereocenters. The van der Waals surface area contributed by atoms with E-state index < -0.39 is 21.8 Å². The zero-order valence-electron chi connectivity index (χ0n) is 20.3. The van der Waals surface area contributed by atoms with Crippen molar-refractivity contribution >= 4 is 27.8 Å². The minimum atomic E-state index is -4.18. The van der Waals surface area contributed by atoms with Crippen LogP contribution in [0.25, 0.3) is 6.08 Å². The Hall–Kier alpha value is -4.42. The number of aryl methyl sites for hydroxylation is 1. The third-order valence-electron chi connectivity index (χ3n) is 5.10. The van der Waals surface area contributed by atoms with Crippen molar-refractivity contribution in [3.8, 4) is 17.6 Å². The minimum absolute atomic E-state index is 0.00579. The van der Waals surface area contributed by atoms with E-state index in [2.05, 4.69) is 11.9 Å². The largest absolute Gasteiger partial charge is 0.490 e. The molecule has 0 aliphatic carbocycles. The molecule has 1 amide bonds. The number of carbonyl (C=O) groups excluding carboxylic acids is 1. The summed E-state index contributed by atoms with van der Waals surface area (Å²) >= 11 is 0. The number of nitriles is 1. The quantitative estimate of drug-likeness (QED) is 0.162. The number of carbonyl (C=O) groups is 1. The average molecular weight is 521 g/mol. The molecular formula is C28H25FN2O5S. The van der Waals surface area contributed by atoms with E-state index in [-0.39, 0.29) is 35.0 Å². The molecular weight excluding hydrogens is 495 g/mol. The molecule has 7 nitrogen and oxygen atoms in total. The summed E-state index contributed by atoms with van der Waals surface area (Å²) in [7, 11) is -4.18. The first-order valence-electron chi connectivity index (χ1n) is 11.3. The molecule has 3 aromatic carbocycles. The van der Waals surface area contributed by atoms with Crippen molar-refractivity contribution < 1.29 is 26.5 Å². The number of nitrogens with one attached hydrogen (secondary N) is 1. The molecule has 0 saturated carbocycles. The van der Waals surface area contributed by atoms with Gasteiger partial charge in [0.25, 0.3) is 5.91 Å². The Balaban J connectivity index is 2.01. The molecule has 0 aromatic heterocycles. The van der Waals surface area contributed by atoms with Gasteiger partial charge in [0, 0.05) is 11.3 Å². The fourth-order valence-corrected chi connectivity index (χ4v) is 4.32. The molecule has 3 rings (SSSR count). The van der Waals surface area contributed by atoms with Gasteiger partial charge in [0.1, 0.15) is 22.4 Å². The number of hydrogen-bond acceptors (Lipinski definition) is 6. The minimum Gasteiger partial charge on any atom is -0.490 e. The van der Waals surface area contributed by atoms with Gasteiger partial charge in [-0.25, -0.2) is 4.39 Å². The summed E-state index contributed by atoms with van der Waals surface area (Å²) < 4.78 is 50.3. The van der Waals surface area contributed by atoms with Gasteiger partial charge in [-0.15, -0.1) is 6.58 Å². The Kier molecular flexibility index (Phi) is 8.82. The van der Waals surface area contributed by atoms with Crippen molar-refractivity contribution in [2.24, 2.45) is 0 Å². The van der Waals surface area contributed by atoms with E-state index >= 15 is 0 Å². The second kappa shape index (κ2) is 12.0. The molecule has 0 aliphatic heterocycles. The smallest absolute Gasteiger partial charge is 0.339 e. The Morgan fingerprint density at radius 2 is 1.81 bits per heavy atom. The summed E-state index contributed by atoms with van der Waals surface area (Å²) in [5.74, 6) is -1.03. The molecule has 0 aliphatic rings. The maximum Gasteiger partial charge on any atom is 0.339 e. The van der Waals surface area contributed by atoms with Gasteiger partial charge in [-0.05, 0) is 80.4 Å². The lowest BCUT2D eigenvalue weighted by Gasteiger charge is -2.16. The van der Waals surface area contributed by atoms with Crippen molar-refractivity contribution in [2.75, 3.05) is 11.9 Å². The molecule has 0 unspecified atom stereocenters. The monoisotopic (exact) mass is 520 g/mol. The van der Waals surface area contributed by atoms with E-state index in [4.69, 9.17) is 8.92 Å². The zero-order valence-corrected chi connectivity index (χ0v) is 21.1. The molecule has 1 N–H and O–H groups in total. The zero-order chi connectivity index (χ0) is 27.0. The Morgan fingerprint density at radius 1 is 1.14 bits per heavy atom. The van der Waals surface area contributed by atoms with Gasteiger partial charge in [-0.3, -0.25) is 4.79 Å². The SMILES string of the molecule is C=CCc1cc(/C=C(\C#N)C(=O)Nc2ccc(F)cc2)cc(OCC)c1OS(=O)(=O)c1ccc(C)cc1. The Labute approximate surface area is 215 Å². The molecule has 0 radical (unpaired) electrons. The highest BCUT2D eigenvalue weighted by Crippen LogP contribution is 2.37. The Bertz CT molecular complexity index is 1470. The fourth-order valence-electron chi connectivity index (χ4n) is 3.34. The molecule has 9 heteroatoms. The number of amides is 1. The van der Waals surface area contributed by atoms with Crippen LogP contribution in [0.3, 0.4) is 0 Å². The van der Waals surface area contributed by atoms with Crippen molar-refractivity contribution in [3.63, 3.8) is 0 Å². The number of ether oxygens (including phenoxy) is 1. The lowest BCUT2D eigenvalue weighted by Crippen LogP contribution is -2.14. The van der Waals surface area contributed by atoms with Crippen molar-refractivity contribution in [3.05, 3.63) is 101 Å². The second-order valence-corrected chi connectivity index (χ2v) is 9.46. The first kappa shape index (κ1) is 27.2. The van der Waals surface area contributed by atoms with Crippen LogP contribution in [0.2, 0.25) is 0 Å². The van der Waals surface area contributed by atoms with E-state index in [1.165, 1.54) is 48.5 Å². The Morgan fingerprint density at radius 3 is 2.41 bits per heavy atom. The molecule has 37 heavy (non-hydrogen) atoms. The number of benzene rings is 3. The van der Waals surface area contributed by atoms with Crippen LogP contribution in [-0.2, 0) is 21.3 Å². The van der Waals surface area contributed by atoms with Crippen LogP contribution in [0.5, 0.6) is 11.5 Å². The molecule has 3 aromatic rings. The molecule has 0 heterocycles. The number of allylic oxidation sites excluding steroid dienone is 1. The van der Waals surface area contributed by atoms with Gasteiger partial charge >= 0.3 is 10.1 Å². The van der Waals surface area contributed by atoms with Gasteiger partial charge in [0.2, 0.25) is 0 Å². The highest BCUT2D eigenvalue weighted by Gasteiger charge is 2.23. The highest BCUT2D eigenvalue weighted by atomic mass is 32.2. The van der Waals surface area contributed by atoms with Crippen LogP contribution in [-0.4, -0.2) is 20.9 Å². The standard InChI is InChI=1S/C28H25FN2O5S/c1-4-6-21-15-20(16-22(18-30)28(32)31-24-11-9-23(29)10-12-24)17-26(35-5-2)27(21)36-37(33,34)25-13-7-19(3)8-14-25/h4,7-17H,1,5-6H2,2-3H3,(H,31,32)/b22-16+. The number of anilines is 1. The predicted molar refractivity (Wildman–Crippen MR) is 139 cm³/mol. The third-order valence-corrected chi connectivity index (χ3v) is 6.33. The van der Waals surface area contributed by atoms with Gasteiger partial charge in [-0.2, -0.15) is 13.7 Å². The van der Waals surface area contributed by atoms with Crippen molar-refractivity contribution in [1.82, 2.24) is 0 Å². The topological polar surface area (TPSA) is 105 Å². The van der Waals surface area contributed by atoms with E-state index in [9.17, 15) is 22.9 Å². The van der Waals surface area contributed by atoms with E-state index in [0.717, 1.165) is 5.56 Å². The van der Waals surface area contributed by atoms with Crippen LogP contribution in [0.1, 0.15) is 23.6 Å². The first-order chi connectivity index (χ1) is 17.7. The molecule has 190 valence electrons. The van der Waals surface area contributed by atoms with Gasteiger partial charge < -0.3 is 14.2 Å². The second-order valence-electron chi connectivity index (χ2n) is 7.91. The van der Waals surface area contributed by atoms with Gasteiger partial charge in [-0.1, -0.05) is 23.8 Å². The van der Waals surface area contributed by atoms with E-state index in [1.54, 1.807) is 31.2 Å². The third kappa shape index (κ3) is 7.06. The van der Waals surface area contributed by atoms with Crippen LogP contribution in [0.4, 0.5) is 10.1 Å². The van der Waals surface area contributed by atoms with Crippen LogP contribution in [0, 0.1) is 24.1 Å². The fraction of sp³-hybridized carbons (Fsp3) is 0.143. The maximum absolute atomic E-state index is 13.1.